The molecule has 0 amide bonds. The van der Waals surface area contributed by atoms with Crippen molar-refractivity contribution in [3.05, 3.63) is 22.8 Å². The Hall–Kier alpha value is -1.22. The average Bonchev–Trinajstić information content (AvgIpc) is 2.39. The molecule has 1 aromatic rings. The molecule has 1 aromatic carbocycles. The van der Waals surface area contributed by atoms with Crippen molar-refractivity contribution in [2.75, 3.05) is 19.8 Å². The minimum absolute atomic E-state index is 0.173. The van der Waals surface area contributed by atoms with Crippen LogP contribution >= 0.6 is 0 Å². The molecule has 0 aromatic heterocycles. The molecule has 0 fully saturated rings. The van der Waals surface area contributed by atoms with Gasteiger partial charge in [-0.05, 0) is 43.7 Å². The second-order valence-electron chi connectivity index (χ2n) is 4.70. The van der Waals surface area contributed by atoms with Crippen molar-refractivity contribution in [3.63, 3.8) is 0 Å². The molecule has 2 heterocycles. The molecule has 0 bridgehead atoms. The summed E-state index contributed by atoms with van der Waals surface area (Å²) < 4.78 is 11.5. The lowest BCUT2D eigenvalue weighted by Gasteiger charge is -2.27. The molecule has 2 aliphatic heterocycles. The van der Waals surface area contributed by atoms with E-state index in [1.165, 1.54) is 16.7 Å². The SMILES string of the molecule is OCCc1c2c(cc3c1OCCC3)OCCC2. The maximum atomic E-state index is 9.23. The van der Waals surface area contributed by atoms with E-state index in [0.29, 0.717) is 6.42 Å². The zero-order valence-corrected chi connectivity index (χ0v) is 10.00. The van der Waals surface area contributed by atoms with Gasteiger partial charge in [0.25, 0.3) is 0 Å². The first-order chi connectivity index (χ1) is 8.40. The van der Waals surface area contributed by atoms with E-state index < -0.39 is 0 Å². The van der Waals surface area contributed by atoms with Gasteiger partial charge in [-0.15, -0.1) is 0 Å². The van der Waals surface area contributed by atoms with Crippen LogP contribution in [0.5, 0.6) is 11.5 Å². The van der Waals surface area contributed by atoms with E-state index in [9.17, 15) is 5.11 Å². The van der Waals surface area contributed by atoms with Gasteiger partial charge in [-0.1, -0.05) is 0 Å². The molecule has 1 N–H and O–H groups in total. The predicted octanol–water partition coefficient (Wildman–Crippen LogP) is 1.87. The van der Waals surface area contributed by atoms with Crippen LogP contribution < -0.4 is 9.47 Å². The van der Waals surface area contributed by atoms with Crippen LogP contribution in [-0.4, -0.2) is 24.9 Å². The summed E-state index contributed by atoms with van der Waals surface area (Å²) in [5.74, 6) is 2.04. The van der Waals surface area contributed by atoms with Crippen molar-refractivity contribution in [1.29, 1.82) is 0 Å². The van der Waals surface area contributed by atoms with Gasteiger partial charge in [0, 0.05) is 17.7 Å². The van der Waals surface area contributed by atoms with Crippen LogP contribution in [0, 0.1) is 0 Å². The summed E-state index contributed by atoms with van der Waals surface area (Å²) in [6, 6.07) is 2.14. The highest BCUT2D eigenvalue weighted by atomic mass is 16.5. The average molecular weight is 234 g/mol. The lowest BCUT2D eigenvalue weighted by molar-refractivity contribution is 0.261. The molecule has 3 heteroatoms. The Balaban J connectivity index is 2.12. The highest BCUT2D eigenvalue weighted by Crippen LogP contribution is 2.39. The number of hydrogen-bond donors (Lipinski definition) is 1. The van der Waals surface area contributed by atoms with Gasteiger partial charge in [-0.3, -0.25) is 0 Å². The molecule has 2 aliphatic rings. The van der Waals surface area contributed by atoms with Crippen molar-refractivity contribution in [3.8, 4) is 11.5 Å². The third kappa shape index (κ3) is 1.89. The number of aliphatic hydroxyl groups is 1. The maximum Gasteiger partial charge on any atom is 0.126 e. The number of ether oxygens (including phenoxy) is 2. The highest BCUT2D eigenvalue weighted by molar-refractivity contribution is 5.55. The van der Waals surface area contributed by atoms with E-state index >= 15 is 0 Å². The van der Waals surface area contributed by atoms with Crippen LogP contribution in [0.3, 0.4) is 0 Å². The molecule has 92 valence electrons. The minimum atomic E-state index is 0.173. The standard InChI is InChI=1S/C14H18O3/c15-6-5-12-11-4-2-7-16-13(11)9-10-3-1-8-17-14(10)12/h9,15H,1-8H2. The van der Waals surface area contributed by atoms with Crippen molar-refractivity contribution >= 4 is 0 Å². The van der Waals surface area contributed by atoms with Crippen LogP contribution in [-0.2, 0) is 19.3 Å². The molecule has 17 heavy (non-hydrogen) atoms. The lowest BCUT2D eigenvalue weighted by Crippen LogP contribution is -2.17. The van der Waals surface area contributed by atoms with E-state index in [1.807, 2.05) is 0 Å². The Morgan fingerprint density at radius 1 is 1.12 bits per heavy atom. The Morgan fingerprint density at radius 2 is 1.94 bits per heavy atom. The number of aryl methyl sites for hydroxylation is 1. The third-order valence-electron chi connectivity index (χ3n) is 3.56. The molecule has 0 saturated carbocycles. The maximum absolute atomic E-state index is 9.23. The first-order valence-electron chi connectivity index (χ1n) is 6.44. The van der Waals surface area contributed by atoms with Gasteiger partial charge in [0.15, 0.2) is 0 Å². The smallest absolute Gasteiger partial charge is 0.126 e. The molecule has 0 aliphatic carbocycles. The van der Waals surface area contributed by atoms with Crippen LogP contribution in [0.2, 0.25) is 0 Å². The Labute approximate surface area is 101 Å². The molecular formula is C14H18O3. The summed E-state index contributed by atoms with van der Waals surface area (Å²) in [4.78, 5) is 0. The van der Waals surface area contributed by atoms with Gasteiger partial charge < -0.3 is 14.6 Å². The third-order valence-corrected chi connectivity index (χ3v) is 3.56. The summed E-state index contributed by atoms with van der Waals surface area (Å²) in [6.45, 7) is 1.78. The van der Waals surface area contributed by atoms with Crippen molar-refractivity contribution in [2.45, 2.75) is 32.1 Å². The Kier molecular flexibility index (Phi) is 2.93. The molecule has 3 nitrogen and oxygen atoms in total. The number of fused-ring (bicyclic) bond motifs is 2. The number of benzene rings is 1. The van der Waals surface area contributed by atoms with Gasteiger partial charge in [-0.2, -0.15) is 0 Å². The first kappa shape index (κ1) is 10.9. The van der Waals surface area contributed by atoms with Gasteiger partial charge in [0.2, 0.25) is 0 Å². The van der Waals surface area contributed by atoms with Crippen LogP contribution in [0.15, 0.2) is 6.07 Å². The zero-order chi connectivity index (χ0) is 11.7. The van der Waals surface area contributed by atoms with Gasteiger partial charge in [0.05, 0.1) is 13.2 Å². The second kappa shape index (κ2) is 4.57. The molecular weight excluding hydrogens is 216 g/mol. The topological polar surface area (TPSA) is 38.7 Å². The molecule has 0 radical (unpaired) electrons. The summed E-state index contributed by atoms with van der Waals surface area (Å²) in [5.41, 5.74) is 3.69. The summed E-state index contributed by atoms with van der Waals surface area (Å²) in [7, 11) is 0. The molecule has 3 rings (SSSR count). The largest absolute Gasteiger partial charge is 0.493 e. The molecule has 0 saturated heterocycles. The van der Waals surface area contributed by atoms with Crippen molar-refractivity contribution < 1.29 is 14.6 Å². The van der Waals surface area contributed by atoms with Gasteiger partial charge >= 0.3 is 0 Å². The summed E-state index contributed by atoms with van der Waals surface area (Å²) >= 11 is 0. The van der Waals surface area contributed by atoms with E-state index in [2.05, 4.69) is 6.07 Å². The van der Waals surface area contributed by atoms with E-state index in [0.717, 1.165) is 50.4 Å². The first-order valence-corrected chi connectivity index (χ1v) is 6.44. The fourth-order valence-electron chi connectivity index (χ4n) is 2.80. The fraction of sp³-hybridized carbons (Fsp3) is 0.571. The summed E-state index contributed by atoms with van der Waals surface area (Å²) in [5, 5.41) is 9.23. The Bertz CT molecular complexity index is 392. The van der Waals surface area contributed by atoms with Crippen molar-refractivity contribution in [1.82, 2.24) is 0 Å². The molecule has 0 unspecified atom stereocenters. The van der Waals surface area contributed by atoms with Crippen LogP contribution in [0.1, 0.15) is 29.5 Å². The molecule has 0 spiro atoms. The fourth-order valence-corrected chi connectivity index (χ4v) is 2.80. The van der Waals surface area contributed by atoms with Gasteiger partial charge in [0.1, 0.15) is 11.5 Å². The van der Waals surface area contributed by atoms with Crippen molar-refractivity contribution in [2.24, 2.45) is 0 Å². The highest BCUT2D eigenvalue weighted by Gasteiger charge is 2.23. The normalized spacial score (nSPS) is 17.7. The predicted molar refractivity (Wildman–Crippen MR) is 64.9 cm³/mol. The zero-order valence-electron chi connectivity index (χ0n) is 10.00. The lowest BCUT2D eigenvalue weighted by atomic mass is 9.92. The van der Waals surface area contributed by atoms with Crippen LogP contribution in [0.4, 0.5) is 0 Å². The summed E-state index contributed by atoms with van der Waals surface area (Å²) in [6.07, 6.45) is 4.91. The van der Waals surface area contributed by atoms with Gasteiger partial charge in [-0.25, -0.2) is 0 Å². The Morgan fingerprint density at radius 3 is 2.82 bits per heavy atom. The number of aliphatic hydroxyl groups excluding tert-OH is 1. The second-order valence-corrected chi connectivity index (χ2v) is 4.70. The quantitative estimate of drug-likeness (QED) is 0.849. The van der Waals surface area contributed by atoms with E-state index in [4.69, 9.17) is 9.47 Å². The van der Waals surface area contributed by atoms with Crippen LogP contribution in [0.25, 0.3) is 0 Å². The van der Waals surface area contributed by atoms with E-state index in [1.54, 1.807) is 0 Å². The minimum Gasteiger partial charge on any atom is -0.493 e. The van der Waals surface area contributed by atoms with E-state index in [-0.39, 0.29) is 6.61 Å². The molecule has 0 atom stereocenters. The monoisotopic (exact) mass is 234 g/mol. The number of hydrogen-bond acceptors (Lipinski definition) is 3. The number of rotatable bonds is 2.